The molecule has 2 N–H and O–H groups in total. The zero-order valence-corrected chi connectivity index (χ0v) is 30.6. The average molecular weight is 769 g/mol. The zero-order chi connectivity index (χ0) is 39.4. The Balaban J connectivity index is 0.918. The van der Waals surface area contributed by atoms with E-state index in [4.69, 9.17) is 0 Å². The molecule has 8 rings (SSSR count). The summed E-state index contributed by atoms with van der Waals surface area (Å²) in [6, 6.07) is 22.5. The molecule has 0 bridgehead atoms. The summed E-state index contributed by atoms with van der Waals surface area (Å²) in [7, 11) is 0. The summed E-state index contributed by atoms with van der Waals surface area (Å²) in [6.45, 7) is 6.48. The maximum Gasteiger partial charge on any atom is 0.416 e. The Hall–Kier alpha value is -5.85. The number of nitrogens with zero attached hydrogens (tertiary/aromatic N) is 4. The number of nitrogens with one attached hydrogen (secondary N) is 2. The fourth-order valence-corrected chi connectivity index (χ4v) is 7.98. The number of halogens is 6. The number of fused-ring (bicyclic) bond motifs is 2. The van der Waals surface area contributed by atoms with Crippen molar-refractivity contribution in [2.24, 2.45) is 0 Å². The normalized spacial score (nSPS) is 15.2. The molecule has 0 spiro atoms. The molecule has 0 amide bonds. The number of benzene rings is 4. The number of aromatic nitrogens is 4. The molecule has 2 aliphatic heterocycles. The fourth-order valence-electron chi connectivity index (χ4n) is 7.98. The fraction of sp³-hybridized carbons (Fsp3) is 0.279. The molecule has 2 unspecified atom stereocenters. The topological polar surface area (TPSA) is 80.9 Å². The van der Waals surface area contributed by atoms with E-state index in [0.29, 0.717) is 35.6 Å². The first-order chi connectivity index (χ1) is 26.7. The average Bonchev–Trinajstić information content (AvgIpc) is 4.01. The highest BCUT2D eigenvalue weighted by atomic mass is 19.4. The molecular formula is C43H38F6N6O. The first kappa shape index (κ1) is 37.1. The minimum atomic E-state index is -4.40. The van der Waals surface area contributed by atoms with Gasteiger partial charge in [0, 0.05) is 60.5 Å². The van der Waals surface area contributed by atoms with E-state index in [1.807, 2.05) is 26.0 Å². The highest BCUT2D eigenvalue weighted by Gasteiger charge is 2.32. The lowest BCUT2D eigenvalue weighted by molar-refractivity contribution is -0.138. The summed E-state index contributed by atoms with van der Waals surface area (Å²) in [6.07, 6.45) is -3.78. The molecule has 2 aromatic heterocycles. The van der Waals surface area contributed by atoms with Crippen LogP contribution in [0.3, 0.4) is 0 Å². The second-order valence-electron chi connectivity index (χ2n) is 14.7. The van der Waals surface area contributed by atoms with Crippen molar-refractivity contribution < 1.29 is 31.1 Å². The summed E-state index contributed by atoms with van der Waals surface area (Å²) in [5.41, 5.74) is 9.29. The van der Waals surface area contributed by atoms with Gasteiger partial charge in [0.05, 0.1) is 34.9 Å². The number of rotatable bonds is 10. The predicted octanol–water partition coefficient (Wildman–Crippen LogP) is 10.1. The Kier molecular flexibility index (Phi) is 9.50. The van der Waals surface area contributed by atoms with Crippen LogP contribution in [-0.2, 0) is 43.1 Å². The van der Waals surface area contributed by atoms with Crippen molar-refractivity contribution in [1.82, 2.24) is 20.4 Å². The molecule has 4 aromatic carbocycles. The van der Waals surface area contributed by atoms with Gasteiger partial charge in [-0.25, -0.2) is 0 Å². The van der Waals surface area contributed by atoms with Crippen LogP contribution in [-0.4, -0.2) is 39.3 Å². The van der Waals surface area contributed by atoms with Crippen LogP contribution >= 0.6 is 0 Å². The predicted molar refractivity (Wildman–Crippen MR) is 202 cm³/mol. The summed E-state index contributed by atoms with van der Waals surface area (Å²) >= 11 is 0. The van der Waals surface area contributed by atoms with Crippen LogP contribution in [0.2, 0.25) is 0 Å². The number of alkyl halides is 6. The molecule has 2 aliphatic rings. The van der Waals surface area contributed by atoms with E-state index >= 15 is 0 Å². The standard InChI is InChI=1S/C43H38F6N6O/c1-25(29-7-13-37-31(19-29)15-17-54(37)23-33-21-50-52-39(33)27-3-9-35(10-4-27)42(44,45)46)41(56)26(2)30-8-14-38-32(20-30)16-18-55(38)24-34-22-51-53-40(34)28-5-11-36(12-6-28)43(47,48)49/h3-14,19-22,25-26H,15-18,23-24H2,1-2H3,(H,50,52)(H,51,53). The van der Waals surface area contributed by atoms with Gasteiger partial charge in [0.15, 0.2) is 0 Å². The summed E-state index contributed by atoms with van der Waals surface area (Å²) in [4.78, 5) is 18.4. The van der Waals surface area contributed by atoms with Crippen LogP contribution < -0.4 is 9.80 Å². The number of H-pyrrole nitrogens is 2. The third-order valence-corrected chi connectivity index (χ3v) is 11.2. The maximum atomic E-state index is 13.9. The highest BCUT2D eigenvalue weighted by Crippen LogP contribution is 2.38. The molecule has 0 saturated carbocycles. The number of hydrogen-bond donors (Lipinski definition) is 2. The van der Waals surface area contributed by atoms with Gasteiger partial charge in [0.1, 0.15) is 5.78 Å². The molecule has 0 saturated heterocycles. The summed E-state index contributed by atoms with van der Waals surface area (Å²) in [5, 5.41) is 14.3. The number of aromatic amines is 2. The third-order valence-electron chi connectivity index (χ3n) is 11.2. The molecule has 0 radical (unpaired) electrons. The van der Waals surface area contributed by atoms with Crippen molar-refractivity contribution in [2.75, 3.05) is 22.9 Å². The SMILES string of the molecule is CC(C(=O)C(C)c1ccc2c(c1)CCN2Cc1cn[nH]c1-c1ccc(C(F)(F)F)cc1)c1ccc2c(c1)CCN2Cc1cn[nH]c1-c1ccc(C(F)(F)F)cc1. The van der Waals surface area contributed by atoms with Crippen LogP contribution in [0.4, 0.5) is 37.7 Å². The molecule has 56 heavy (non-hydrogen) atoms. The quantitative estimate of drug-likeness (QED) is 0.136. The van der Waals surface area contributed by atoms with Gasteiger partial charge in [0.2, 0.25) is 0 Å². The second kappa shape index (κ2) is 14.3. The number of hydrogen-bond acceptors (Lipinski definition) is 5. The van der Waals surface area contributed by atoms with Crippen molar-refractivity contribution in [2.45, 2.75) is 64.0 Å². The van der Waals surface area contributed by atoms with E-state index in [1.54, 1.807) is 12.4 Å². The van der Waals surface area contributed by atoms with Gasteiger partial charge in [-0.1, -0.05) is 62.4 Å². The second-order valence-corrected chi connectivity index (χ2v) is 14.7. The van der Waals surface area contributed by atoms with Crippen molar-refractivity contribution in [1.29, 1.82) is 0 Å². The lowest BCUT2D eigenvalue weighted by atomic mass is 9.84. The van der Waals surface area contributed by atoms with E-state index in [0.717, 1.165) is 95.0 Å². The van der Waals surface area contributed by atoms with E-state index in [9.17, 15) is 31.1 Å². The largest absolute Gasteiger partial charge is 0.416 e. The third kappa shape index (κ3) is 7.17. The molecule has 0 fully saturated rings. The number of carbonyl (C=O) groups excluding carboxylic acids is 1. The van der Waals surface area contributed by atoms with Crippen LogP contribution in [0.5, 0.6) is 0 Å². The summed E-state index contributed by atoms with van der Waals surface area (Å²) in [5.74, 6) is -0.549. The Morgan fingerprint density at radius 2 is 1.02 bits per heavy atom. The van der Waals surface area contributed by atoms with Crippen LogP contribution in [0.15, 0.2) is 97.3 Å². The van der Waals surface area contributed by atoms with Crippen molar-refractivity contribution in [3.8, 4) is 22.5 Å². The minimum Gasteiger partial charge on any atom is -0.367 e. The number of carbonyl (C=O) groups is 1. The van der Waals surface area contributed by atoms with Gasteiger partial charge < -0.3 is 9.80 Å². The Morgan fingerprint density at radius 3 is 1.39 bits per heavy atom. The van der Waals surface area contributed by atoms with Crippen molar-refractivity contribution in [3.05, 3.63) is 142 Å². The molecule has 2 atom stereocenters. The van der Waals surface area contributed by atoms with E-state index in [-0.39, 0.29) is 17.6 Å². The molecule has 4 heterocycles. The molecule has 13 heteroatoms. The molecule has 7 nitrogen and oxygen atoms in total. The Bertz CT molecular complexity index is 2210. The van der Waals surface area contributed by atoms with Gasteiger partial charge in [-0.05, 0) is 82.6 Å². The lowest BCUT2D eigenvalue weighted by Crippen LogP contribution is -2.20. The minimum absolute atomic E-state index is 0.119. The zero-order valence-electron chi connectivity index (χ0n) is 30.6. The van der Waals surface area contributed by atoms with E-state index in [2.05, 4.69) is 54.5 Å². The number of ketones is 1. The Morgan fingerprint density at radius 1 is 0.625 bits per heavy atom. The lowest BCUT2D eigenvalue weighted by Gasteiger charge is -2.22. The summed E-state index contributed by atoms with van der Waals surface area (Å²) < 4.78 is 78.6. The first-order valence-electron chi connectivity index (χ1n) is 18.4. The highest BCUT2D eigenvalue weighted by molar-refractivity contribution is 5.91. The van der Waals surface area contributed by atoms with Gasteiger partial charge in [-0.15, -0.1) is 0 Å². The molecule has 6 aromatic rings. The molecule has 288 valence electrons. The van der Waals surface area contributed by atoms with Gasteiger partial charge in [0.25, 0.3) is 0 Å². The van der Waals surface area contributed by atoms with Crippen LogP contribution in [0.25, 0.3) is 22.5 Å². The smallest absolute Gasteiger partial charge is 0.367 e. The molecule has 0 aliphatic carbocycles. The van der Waals surface area contributed by atoms with Gasteiger partial charge in [-0.2, -0.15) is 36.5 Å². The first-order valence-corrected chi connectivity index (χ1v) is 18.4. The number of Topliss-reactive ketones (excluding diaryl/α,β-unsaturated/α-hetero) is 1. The van der Waals surface area contributed by atoms with Crippen molar-refractivity contribution in [3.63, 3.8) is 0 Å². The van der Waals surface area contributed by atoms with Gasteiger partial charge in [-0.3, -0.25) is 15.0 Å². The molecular weight excluding hydrogens is 731 g/mol. The van der Waals surface area contributed by atoms with Crippen LogP contribution in [0.1, 0.15) is 70.2 Å². The van der Waals surface area contributed by atoms with Gasteiger partial charge >= 0.3 is 12.4 Å². The number of anilines is 2. The van der Waals surface area contributed by atoms with E-state index < -0.39 is 23.5 Å². The van der Waals surface area contributed by atoms with E-state index in [1.165, 1.54) is 24.3 Å². The Labute approximate surface area is 319 Å². The van der Waals surface area contributed by atoms with Crippen molar-refractivity contribution >= 4 is 17.2 Å². The monoisotopic (exact) mass is 768 g/mol. The maximum absolute atomic E-state index is 13.9. The van der Waals surface area contributed by atoms with Crippen LogP contribution in [0, 0.1) is 0 Å².